The van der Waals surface area contributed by atoms with Crippen molar-refractivity contribution in [2.24, 2.45) is 0 Å². The first-order chi connectivity index (χ1) is 11.2. The highest BCUT2D eigenvalue weighted by atomic mass is 32.2. The number of likely N-dealkylation sites (N-methyl/N-ethyl adjacent to an activating group) is 1. The Morgan fingerprint density at radius 3 is 2.96 bits per heavy atom. The summed E-state index contributed by atoms with van der Waals surface area (Å²) in [5.74, 6) is -0.0957. The molecule has 2 N–H and O–H groups in total. The molecule has 1 aliphatic carbocycles. The first-order valence-electron chi connectivity index (χ1n) is 7.60. The lowest BCUT2D eigenvalue weighted by molar-refractivity contribution is -0.124. The van der Waals surface area contributed by atoms with E-state index in [1.165, 1.54) is 28.6 Å². The van der Waals surface area contributed by atoms with Crippen molar-refractivity contribution in [3.63, 3.8) is 0 Å². The molecule has 0 aliphatic heterocycles. The Hall–Kier alpha value is -1.67. The summed E-state index contributed by atoms with van der Waals surface area (Å²) in [7, 11) is 0. The molecule has 2 amide bonds. The topological polar surface area (TPSA) is 84.0 Å². The second kappa shape index (κ2) is 7.27. The van der Waals surface area contributed by atoms with Gasteiger partial charge >= 0.3 is 0 Å². The van der Waals surface area contributed by atoms with Crippen molar-refractivity contribution < 1.29 is 9.59 Å². The number of carbonyl (C=O) groups excluding carboxylic acids is 2. The number of aromatic nitrogens is 2. The molecule has 0 atom stereocenters. The Kier molecular flexibility index (Phi) is 5.12. The summed E-state index contributed by atoms with van der Waals surface area (Å²) in [4.78, 5) is 34.3. The highest BCUT2D eigenvalue weighted by Gasteiger charge is 2.21. The minimum Gasteiger partial charge on any atom is -0.355 e. The normalized spacial score (nSPS) is 13.1. The van der Waals surface area contributed by atoms with Gasteiger partial charge in [-0.05, 0) is 31.7 Å². The third kappa shape index (κ3) is 3.64. The second-order valence-electron chi connectivity index (χ2n) is 5.24. The standard InChI is InChI=1S/C15H18N4O2S2/c1-2-16-11(20)6-17-12(21)7-22-14-13-9-4-3-5-10(9)23-15(13)19-8-18-14/h8H,2-7H2,1H3,(H,16,20)(H,17,21). The zero-order valence-corrected chi connectivity index (χ0v) is 14.5. The molecule has 0 fully saturated rings. The number of rotatable bonds is 6. The molecular weight excluding hydrogens is 332 g/mol. The molecule has 0 spiro atoms. The average Bonchev–Trinajstić information content (AvgIpc) is 3.11. The van der Waals surface area contributed by atoms with Crippen molar-refractivity contribution in [1.82, 2.24) is 20.6 Å². The highest BCUT2D eigenvalue weighted by Crippen LogP contribution is 2.39. The van der Waals surface area contributed by atoms with Crippen LogP contribution in [0.3, 0.4) is 0 Å². The quantitative estimate of drug-likeness (QED) is 0.610. The van der Waals surface area contributed by atoms with Crippen LogP contribution in [0.5, 0.6) is 0 Å². The minimum absolute atomic E-state index is 0.0142. The number of hydrogen-bond acceptors (Lipinski definition) is 6. The van der Waals surface area contributed by atoms with E-state index in [0.717, 1.165) is 28.1 Å². The molecule has 0 radical (unpaired) electrons. The number of nitrogens with one attached hydrogen (secondary N) is 2. The number of hydrogen-bond donors (Lipinski definition) is 2. The van der Waals surface area contributed by atoms with Gasteiger partial charge in [-0.15, -0.1) is 11.3 Å². The summed E-state index contributed by atoms with van der Waals surface area (Å²) in [5, 5.41) is 7.24. The minimum atomic E-state index is -0.175. The first-order valence-corrected chi connectivity index (χ1v) is 9.40. The van der Waals surface area contributed by atoms with Crippen LogP contribution in [0.2, 0.25) is 0 Å². The van der Waals surface area contributed by atoms with Gasteiger partial charge in [0.2, 0.25) is 11.8 Å². The van der Waals surface area contributed by atoms with Crippen LogP contribution in [-0.4, -0.2) is 40.6 Å². The number of carbonyl (C=O) groups is 2. The van der Waals surface area contributed by atoms with Crippen molar-refractivity contribution in [1.29, 1.82) is 0 Å². The molecule has 2 heterocycles. The summed E-state index contributed by atoms with van der Waals surface area (Å²) in [5.41, 5.74) is 1.36. The second-order valence-corrected chi connectivity index (χ2v) is 7.28. The molecule has 0 aromatic carbocycles. The summed E-state index contributed by atoms with van der Waals surface area (Å²) < 4.78 is 0. The lowest BCUT2D eigenvalue weighted by Gasteiger charge is -2.06. The number of amides is 2. The molecule has 2 aromatic rings. The molecule has 8 heteroatoms. The maximum Gasteiger partial charge on any atom is 0.239 e. The predicted molar refractivity (Wildman–Crippen MR) is 91.9 cm³/mol. The van der Waals surface area contributed by atoms with Gasteiger partial charge in [-0.2, -0.15) is 0 Å². The molecule has 6 nitrogen and oxygen atoms in total. The Bertz CT molecular complexity index is 744. The van der Waals surface area contributed by atoms with Gasteiger partial charge in [-0.25, -0.2) is 9.97 Å². The van der Waals surface area contributed by atoms with Crippen LogP contribution in [0.1, 0.15) is 23.8 Å². The van der Waals surface area contributed by atoms with Gasteiger partial charge < -0.3 is 10.6 Å². The summed E-state index contributed by atoms with van der Waals surface area (Å²) in [6, 6.07) is 0. The number of nitrogens with zero attached hydrogens (tertiary/aromatic N) is 2. The van der Waals surface area contributed by atoms with Gasteiger partial charge in [-0.3, -0.25) is 9.59 Å². The number of fused-ring (bicyclic) bond motifs is 3. The van der Waals surface area contributed by atoms with E-state index in [4.69, 9.17) is 0 Å². The summed E-state index contributed by atoms with van der Waals surface area (Å²) >= 11 is 3.14. The number of aryl methyl sites for hydroxylation is 2. The van der Waals surface area contributed by atoms with E-state index in [1.54, 1.807) is 17.7 Å². The molecule has 2 aromatic heterocycles. The lowest BCUT2D eigenvalue weighted by atomic mass is 10.2. The number of thiophene rings is 1. The molecule has 0 saturated heterocycles. The van der Waals surface area contributed by atoms with Gasteiger partial charge in [0.05, 0.1) is 12.3 Å². The van der Waals surface area contributed by atoms with Crippen LogP contribution in [-0.2, 0) is 22.4 Å². The third-order valence-electron chi connectivity index (χ3n) is 3.63. The average molecular weight is 350 g/mol. The first kappa shape index (κ1) is 16.2. The maximum absolute atomic E-state index is 11.9. The fourth-order valence-electron chi connectivity index (χ4n) is 2.63. The lowest BCUT2D eigenvalue weighted by Crippen LogP contribution is -2.37. The zero-order valence-electron chi connectivity index (χ0n) is 12.8. The zero-order chi connectivity index (χ0) is 16.2. The Labute approximate surface area is 142 Å². The Balaban J connectivity index is 1.63. The fourth-order valence-corrected chi connectivity index (χ4v) is 4.78. The molecule has 0 saturated carbocycles. The number of thioether (sulfide) groups is 1. The van der Waals surface area contributed by atoms with E-state index in [0.29, 0.717) is 6.54 Å². The van der Waals surface area contributed by atoms with Gasteiger partial charge in [0.1, 0.15) is 16.2 Å². The van der Waals surface area contributed by atoms with Crippen LogP contribution < -0.4 is 10.6 Å². The molecule has 0 unspecified atom stereocenters. The van der Waals surface area contributed by atoms with E-state index < -0.39 is 0 Å². The third-order valence-corrected chi connectivity index (χ3v) is 5.82. The largest absolute Gasteiger partial charge is 0.355 e. The fraction of sp³-hybridized carbons (Fsp3) is 0.467. The van der Waals surface area contributed by atoms with Crippen LogP contribution in [0.4, 0.5) is 0 Å². The van der Waals surface area contributed by atoms with E-state index >= 15 is 0 Å². The summed E-state index contributed by atoms with van der Waals surface area (Å²) in [6.45, 7) is 2.42. The van der Waals surface area contributed by atoms with Crippen LogP contribution >= 0.6 is 23.1 Å². The van der Waals surface area contributed by atoms with E-state index in [2.05, 4.69) is 20.6 Å². The van der Waals surface area contributed by atoms with Crippen molar-refractivity contribution in [2.45, 2.75) is 31.2 Å². The smallest absolute Gasteiger partial charge is 0.239 e. The van der Waals surface area contributed by atoms with Gasteiger partial charge in [0, 0.05) is 16.8 Å². The van der Waals surface area contributed by atoms with Crippen molar-refractivity contribution in [3.8, 4) is 0 Å². The van der Waals surface area contributed by atoms with Gasteiger partial charge in [0.25, 0.3) is 0 Å². The monoisotopic (exact) mass is 350 g/mol. The Morgan fingerprint density at radius 2 is 2.13 bits per heavy atom. The molecule has 3 rings (SSSR count). The van der Waals surface area contributed by atoms with Crippen LogP contribution in [0.25, 0.3) is 10.2 Å². The maximum atomic E-state index is 11.9. The van der Waals surface area contributed by atoms with Gasteiger partial charge in [-0.1, -0.05) is 11.8 Å². The van der Waals surface area contributed by atoms with Crippen molar-refractivity contribution >= 4 is 45.1 Å². The van der Waals surface area contributed by atoms with E-state index in [9.17, 15) is 9.59 Å². The van der Waals surface area contributed by atoms with E-state index in [1.807, 2.05) is 6.92 Å². The van der Waals surface area contributed by atoms with Crippen molar-refractivity contribution in [2.75, 3.05) is 18.8 Å². The predicted octanol–water partition coefficient (Wildman–Crippen LogP) is 1.52. The molecule has 0 bridgehead atoms. The molecule has 23 heavy (non-hydrogen) atoms. The van der Waals surface area contributed by atoms with E-state index in [-0.39, 0.29) is 24.1 Å². The summed E-state index contributed by atoms with van der Waals surface area (Å²) in [6.07, 6.45) is 4.93. The Morgan fingerprint density at radius 1 is 1.26 bits per heavy atom. The molecule has 1 aliphatic rings. The molecule has 122 valence electrons. The SMILES string of the molecule is CCNC(=O)CNC(=O)CSc1ncnc2sc3c(c12)CCC3. The van der Waals surface area contributed by atoms with Crippen LogP contribution in [0, 0.1) is 0 Å². The van der Waals surface area contributed by atoms with Gasteiger partial charge in [0.15, 0.2) is 0 Å². The van der Waals surface area contributed by atoms with Crippen LogP contribution in [0.15, 0.2) is 11.4 Å². The molecular formula is C15H18N4O2S2. The highest BCUT2D eigenvalue weighted by molar-refractivity contribution is 8.00. The van der Waals surface area contributed by atoms with Crippen molar-refractivity contribution in [3.05, 3.63) is 16.8 Å².